The van der Waals surface area contributed by atoms with E-state index in [2.05, 4.69) is 5.32 Å². The predicted molar refractivity (Wildman–Crippen MR) is 93.2 cm³/mol. The van der Waals surface area contributed by atoms with Gasteiger partial charge in [-0.1, -0.05) is 40.9 Å². The molecule has 0 aliphatic heterocycles. The van der Waals surface area contributed by atoms with Crippen molar-refractivity contribution < 1.29 is 13.2 Å². The Balaban J connectivity index is 2.01. The van der Waals surface area contributed by atoms with Crippen LogP contribution in [0, 0.1) is 0 Å². The third-order valence-corrected chi connectivity index (χ3v) is 5.80. The van der Waals surface area contributed by atoms with Crippen LogP contribution in [0.3, 0.4) is 0 Å². The predicted octanol–water partition coefficient (Wildman–Crippen LogP) is 4.45. The zero-order valence-electron chi connectivity index (χ0n) is 11.7. The van der Waals surface area contributed by atoms with E-state index < -0.39 is 15.7 Å². The van der Waals surface area contributed by atoms with Crippen LogP contribution in [0.2, 0.25) is 15.1 Å². The number of carbonyl (C=O) groups is 1. The monoisotopic (exact) mass is 391 g/mol. The molecule has 0 aliphatic carbocycles. The molecule has 0 fully saturated rings. The SMILES string of the molecule is O=C(CCS(=O)(=O)c1ccc(Cl)cc1)Nc1cccc(Cl)c1Cl. The summed E-state index contributed by atoms with van der Waals surface area (Å²) in [5.74, 6) is -0.787. The average Bonchev–Trinajstić information content (AvgIpc) is 2.50. The molecule has 0 heterocycles. The summed E-state index contributed by atoms with van der Waals surface area (Å²) in [5, 5.41) is 3.50. The third-order valence-electron chi connectivity index (χ3n) is 3.00. The molecule has 2 rings (SSSR count). The number of amides is 1. The molecule has 0 radical (unpaired) electrons. The molecule has 0 aliphatic rings. The maximum atomic E-state index is 12.2. The summed E-state index contributed by atoms with van der Waals surface area (Å²) in [4.78, 5) is 12.0. The maximum Gasteiger partial charge on any atom is 0.225 e. The van der Waals surface area contributed by atoms with E-state index in [1.165, 1.54) is 24.3 Å². The first-order valence-electron chi connectivity index (χ1n) is 6.52. The van der Waals surface area contributed by atoms with Crippen molar-refractivity contribution in [2.45, 2.75) is 11.3 Å². The summed E-state index contributed by atoms with van der Waals surface area (Å²) in [6.07, 6.45) is -0.201. The molecule has 0 spiro atoms. The van der Waals surface area contributed by atoms with Crippen molar-refractivity contribution >= 4 is 56.2 Å². The Morgan fingerprint density at radius 3 is 2.30 bits per heavy atom. The first-order valence-corrected chi connectivity index (χ1v) is 9.30. The summed E-state index contributed by atoms with van der Waals surface area (Å²) in [6.45, 7) is 0. The Kier molecular flexibility index (Phi) is 5.92. The van der Waals surface area contributed by atoms with Crippen molar-refractivity contribution in [2.75, 3.05) is 11.1 Å². The lowest BCUT2D eigenvalue weighted by atomic mass is 10.3. The van der Waals surface area contributed by atoms with Crippen LogP contribution >= 0.6 is 34.8 Å². The standard InChI is InChI=1S/C15H12Cl3NO3S/c16-10-4-6-11(7-5-10)23(21,22)9-8-14(20)19-13-3-1-2-12(17)15(13)18/h1-7H,8-9H2,(H,19,20). The lowest BCUT2D eigenvalue weighted by Crippen LogP contribution is -2.17. The quantitative estimate of drug-likeness (QED) is 0.817. The van der Waals surface area contributed by atoms with Gasteiger partial charge in [-0.15, -0.1) is 0 Å². The molecule has 4 nitrogen and oxygen atoms in total. The normalized spacial score (nSPS) is 11.3. The van der Waals surface area contributed by atoms with Crippen LogP contribution in [0.5, 0.6) is 0 Å². The van der Waals surface area contributed by atoms with Crippen molar-refractivity contribution in [1.29, 1.82) is 0 Å². The molecule has 0 saturated heterocycles. The van der Waals surface area contributed by atoms with Crippen molar-refractivity contribution in [3.8, 4) is 0 Å². The summed E-state index contributed by atoms with van der Waals surface area (Å²) in [5.41, 5.74) is 0.341. The van der Waals surface area contributed by atoms with Gasteiger partial charge in [0.25, 0.3) is 0 Å². The number of nitrogens with one attached hydrogen (secondary N) is 1. The molecule has 23 heavy (non-hydrogen) atoms. The van der Waals surface area contributed by atoms with Gasteiger partial charge in [0.1, 0.15) is 0 Å². The molecule has 122 valence electrons. The van der Waals surface area contributed by atoms with Gasteiger partial charge < -0.3 is 5.32 Å². The van der Waals surface area contributed by atoms with E-state index >= 15 is 0 Å². The molecule has 1 amide bonds. The second-order valence-corrected chi connectivity index (χ2v) is 8.00. The molecule has 0 unspecified atom stereocenters. The second-order valence-electron chi connectivity index (χ2n) is 4.67. The average molecular weight is 393 g/mol. The first-order chi connectivity index (χ1) is 10.8. The van der Waals surface area contributed by atoms with Gasteiger partial charge in [0.05, 0.1) is 26.4 Å². The van der Waals surface area contributed by atoms with Crippen molar-refractivity contribution in [1.82, 2.24) is 0 Å². The molecule has 0 bridgehead atoms. The number of sulfone groups is 1. The van der Waals surface area contributed by atoms with Gasteiger partial charge in [-0.2, -0.15) is 0 Å². The highest BCUT2D eigenvalue weighted by atomic mass is 35.5. The highest BCUT2D eigenvalue weighted by Crippen LogP contribution is 2.29. The van der Waals surface area contributed by atoms with Gasteiger partial charge in [-0.25, -0.2) is 8.42 Å². The van der Waals surface area contributed by atoms with Gasteiger partial charge in [0.2, 0.25) is 5.91 Å². The molecule has 2 aromatic rings. The smallest absolute Gasteiger partial charge is 0.225 e. The van der Waals surface area contributed by atoms with E-state index in [4.69, 9.17) is 34.8 Å². The Bertz CT molecular complexity index is 820. The number of anilines is 1. The topological polar surface area (TPSA) is 63.2 Å². The fourth-order valence-corrected chi connectivity index (χ4v) is 3.51. The van der Waals surface area contributed by atoms with Gasteiger partial charge >= 0.3 is 0 Å². The van der Waals surface area contributed by atoms with Crippen LogP contribution in [0.4, 0.5) is 5.69 Å². The summed E-state index contributed by atoms with van der Waals surface area (Å²) < 4.78 is 24.3. The van der Waals surface area contributed by atoms with Crippen LogP contribution in [0.1, 0.15) is 6.42 Å². The first kappa shape index (κ1) is 18.1. The number of benzene rings is 2. The summed E-state index contributed by atoms with van der Waals surface area (Å²) in [6, 6.07) is 10.6. The molecule has 1 N–H and O–H groups in total. The van der Waals surface area contributed by atoms with Crippen molar-refractivity contribution in [3.05, 3.63) is 57.5 Å². The Labute approximate surface area is 149 Å². The van der Waals surface area contributed by atoms with E-state index in [1.807, 2.05) is 0 Å². The van der Waals surface area contributed by atoms with Gasteiger partial charge in [-0.3, -0.25) is 4.79 Å². The molecule has 2 aromatic carbocycles. The molecule has 0 atom stereocenters. The van der Waals surface area contributed by atoms with Crippen LogP contribution in [-0.4, -0.2) is 20.1 Å². The van der Waals surface area contributed by atoms with E-state index in [0.717, 1.165) is 0 Å². The van der Waals surface area contributed by atoms with E-state index in [9.17, 15) is 13.2 Å². The lowest BCUT2D eigenvalue weighted by molar-refractivity contribution is -0.115. The Morgan fingerprint density at radius 1 is 1.00 bits per heavy atom. The lowest BCUT2D eigenvalue weighted by Gasteiger charge is -2.08. The molecular formula is C15H12Cl3NO3S. The summed E-state index contributed by atoms with van der Waals surface area (Å²) in [7, 11) is -3.56. The summed E-state index contributed by atoms with van der Waals surface area (Å²) >= 11 is 17.5. The van der Waals surface area contributed by atoms with Gasteiger partial charge in [0.15, 0.2) is 9.84 Å². The van der Waals surface area contributed by atoms with Crippen LogP contribution in [0.15, 0.2) is 47.4 Å². The minimum Gasteiger partial charge on any atom is -0.325 e. The van der Waals surface area contributed by atoms with Crippen LogP contribution < -0.4 is 5.32 Å². The van der Waals surface area contributed by atoms with Crippen LogP contribution in [0.25, 0.3) is 0 Å². The highest BCUT2D eigenvalue weighted by Gasteiger charge is 2.17. The Morgan fingerprint density at radius 2 is 1.65 bits per heavy atom. The number of carbonyl (C=O) groups excluding carboxylic acids is 1. The molecule has 8 heteroatoms. The largest absolute Gasteiger partial charge is 0.325 e. The second kappa shape index (κ2) is 7.53. The minimum absolute atomic E-state index is 0.121. The van der Waals surface area contributed by atoms with E-state index in [0.29, 0.717) is 15.7 Å². The molecule has 0 saturated carbocycles. The number of hydrogen-bond donors (Lipinski definition) is 1. The zero-order valence-corrected chi connectivity index (χ0v) is 14.8. The van der Waals surface area contributed by atoms with Gasteiger partial charge in [0, 0.05) is 11.4 Å². The number of hydrogen-bond acceptors (Lipinski definition) is 3. The fraction of sp³-hybridized carbons (Fsp3) is 0.133. The van der Waals surface area contributed by atoms with Gasteiger partial charge in [-0.05, 0) is 36.4 Å². The van der Waals surface area contributed by atoms with E-state index in [-0.39, 0.29) is 22.1 Å². The van der Waals surface area contributed by atoms with Crippen molar-refractivity contribution in [2.24, 2.45) is 0 Å². The zero-order chi connectivity index (χ0) is 17.0. The minimum atomic E-state index is -3.56. The maximum absolute atomic E-state index is 12.2. The Hall–Kier alpha value is -1.27. The highest BCUT2D eigenvalue weighted by molar-refractivity contribution is 7.91. The molecule has 0 aromatic heterocycles. The molecular weight excluding hydrogens is 381 g/mol. The van der Waals surface area contributed by atoms with E-state index in [1.54, 1.807) is 18.2 Å². The van der Waals surface area contributed by atoms with Crippen LogP contribution in [-0.2, 0) is 14.6 Å². The fourth-order valence-electron chi connectivity index (χ4n) is 1.80. The number of halogens is 3. The number of rotatable bonds is 5. The third kappa shape index (κ3) is 4.85. The van der Waals surface area contributed by atoms with Crippen molar-refractivity contribution in [3.63, 3.8) is 0 Å².